The van der Waals surface area contributed by atoms with Gasteiger partial charge in [0.05, 0.1) is 36.2 Å². The number of likely N-dealkylation sites (tertiary alicyclic amines) is 2. The van der Waals surface area contributed by atoms with Gasteiger partial charge in [0, 0.05) is 50.7 Å². The van der Waals surface area contributed by atoms with Gasteiger partial charge in [0.25, 0.3) is 5.91 Å². The molecule has 2 aromatic carbocycles. The molecule has 37 heavy (non-hydrogen) atoms. The number of hydrogen-bond donors (Lipinski definition) is 1. The molecular weight excluding hydrogens is 508 g/mol. The first-order valence-electron chi connectivity index (χ1n) is 12.4. The molecular formula is C28H31ClN4O3S. The summed E-state index contributed by atoms with van der Waals surface area (Å²) >= 11 is 12.0. The van der Waals surface area contributed by atoms with E-state index in [-0.39, 0.29) is 11.3 Å². The Bertz CT molecular complexity index is 1290. The Morgan fingerprint density at radius 3 is 2.27 bits per heavy atom. The number of ether oxygens (including phenoxy) is 2. The van der Waals surface area contributed by atoms with Crippen LogP contribution < -0.4 is 14.8 Å². The maximum atomic E-state index is 13.5. The Kier molecular flexibility index (Phi) is 7.31. The van der Waals surface area contributed by atoms with Crippen LogP contribution in [0.2, 0.25) is 5.02 Å². The Hall–Kier alpha value is -3.23. The van der Waals surface area contributed by atoms with E-state index in [0.29, 0.717) is 21.6 Å². The van der Waals surface area contributed by atoms with E-state index in [4.69, 9.17) is 33.3 Å². The number of thiocarbonyl (C=S) groups is 1. The van der Waals surface area contributed by atoms with E-state index in [1.807, 2.05) is 58.3 Å². The zero-order valence-corrected chi connectivity index (χ0v) is 22.6. The van der Waals surface area contributed by atoms with Crippen molar-refractivity contribution in [1.82, 2.24) is 14.4 Å². The number of hydrogen-bond acceptors (Lipinski definition) is 4. The number of piperidine rings is 1. The molecule has 1 amide bonds. The molecule has 1 spiro atoms. The van der Waals surface area contributed by atoms with Crippen molar-refractivity contribution in [2.45, 2.75) is 19.3 Å². The van der Waals surface area contributed by atoms with Crippen molar-refractivity contribution in [1.29, 1.82) is 0 Å². The molecule has 7 nitrogen and oxygen atoms in total. The summed E-state index contributed by atoms with van der Waals surface area (Å²) in [5.41, 5.74) is 2.52. The minimum absolute atomic E-state index is 0.0926. The third-order valence-electron chi connectivity index (χ3n) is 7.57. The zero-order valence-electron chi connectivity index (χ0n) is 21.1. The minimum Gasteiger partial charge on any atom is -0.495 e. The molecule has 2 aliphatic heterocycles. The first-order chi connectivity index (χ1) is 17.9. The van der Waals surface area contributed by atoms with E-state index >= 15 is 0 Å². The van der Waals surface area contributed by atoms with Gasteiger partial charge < -0.3 is 29.2 Å². The molecule has 1 aromatic heterocycles. The highest BCUT2D eigenvalue weighted by Crippen LogP contribution is 2.42. The first kappa shape index (κ1) is 25.4. The third-order valence-corrected chi connectivity index (χ3v) is 8.23. The van der Waals surface area contributed by atoms with E-state index < -0.39 is 0 Å². The van der Waals surface area contributed by atoms with Gasteiger partial charge in [0.1, 0.15) is 11.5 Å². The molecule has 0 atom stereocenters. The van der Waals surface area contributed by atoms with Crippen LogP contribution in [-0.4, -0.2) is 65.8 Å². The Morgan fingerprint density at radius 1 is 0.946 bits per heavy atom. The Balaban J connectivity index is 1.22. The summed E-state index contributed by atoms with van der Waals surface area (Å²) in [5, 5.41) is 4.45. The lowest BCUT2D eigenvalue weighted by Gasteiger charge is -2.39. The Morgan fingerprint density at radius 2 is 1.59 bits per heavy atom. The second kappa shape index (κ2) is 10.6. The topological polar surface area (TPSA) is 59.0 Å². The quantitative estimate of drug-likeness (QED) is 0.435. The van der Waals surface area contributed by atoms with Gasteiger partial charge in [0.2, 0.25) is 0 Å². The highest BCUT2D eigenvalue weighted by molar-refractivity contribution is 7.80. The number of rotatable bonds is 5. The molecule has 0 saturated carbocycles. The van der Waals surface area contributed by atoms with Crippen molar-refractivity contribution < 1.29 is 14.3 Å². The molecule has 0 aliphatic carbocycles. The lowest BCUT2D eigenvalue weighted by molar-refractivity contribution is 0.0599. The fraction of sp³-hybridized carbons (Fsp3) is 0.357. The molecule has 0 bridgehead atoms. The number of carbonyl (C=O) groups excluding carboxylic acids is 1. The van der Waals surface area contributed by atoms with E-state index in [1.54, 1.807) is 26.4 Å². The largest absolute Gasteiger partial charge is 0.495 e. The van der Waals surface area contributed by atoms with E-state index in [1.165, 1.54) is 0 Å². The average molecular weight is 539 g/mol. The van der Waals surface area contributed by atoms with Gasteiger partial charge in [-0.2, -0.15) is 0 Å². The lowest BCUT2D eigenvalue weighted by Crippen LogP contribution is -2.45. The number of nitrogens with one attached hydrogen (secondary N) is 1. The number of aromatic nitrogens is 1. The van der Waals surface area contributed by atoms with Crippen LogP contribution in [0.15, 0.2) is 60.9 Å². The molecule has 3 aromatic rings. The van der Waals surface area contributed by atoms with E-state index in [9.17, 15) is 4.79 Å². The smallest absolute Gasteiger partial charge is 0.255 e. The lowest BCUT2D eigenvalue weighted by atomic mass is 9.77. The maximum Gasteiger partial charge on any atom is 0.255 e. The molecule has 0 radical (unpaired) electrons. The molecule has 2 fully saturated rings. The van der Waals surface area contributed by atoms with Crippen LogP contribution in [0.3, 0.4) is 0 Å². The highest BCUT2D eigenvalue weighted by atomic mass is 35.5. The first-order valence-corrected chi connectivity index (χ1v) is 13.2. The molecule has 2 saturated heterocycles. The predicted molar refractivity (Wildman–Crippen MR) is 150 cm³/mol. The van der Waals surface area contributed by atoms with Gasteiger partial charge >= 0.3 is 0 Å². The van der Waals surface area contributed by atoms with Crippen molar-refractivity contribution in [3.05, 3.63) is 71.5 Å². The van der Waals surface area contributed by atoms with Crippen LogP contribution in [0, 0.1) is 5.41 Å². The van der Waals surface area contributed by atoms with Crippen LogP contribution in [0.25, 0.3) is 5.69 Å². The molecule has 0 unspecified atom stereocenters. The number of carbonyl (C=O) groups is 1. The normalized spacial score (nSPS) is 16.6. The number of methoxy groups -OCH3 is 2. The van der Waals surface area contributed by atoms with Crippen molar-refractivity contribution >= 4 is 40.5 Å². The number of benzene rings is 2. The van der Waals surface area contributed by atoms with Gasteiger partial charge in [-0.15, -0.1) is 0 Å². The van der Waals surface area contributed by atoms with Crippen molar-refractivity contribution in [3.8, 4) is 17.2 Å². The summed E-state index contributed by atoms with van der Waals surface area (Å²) in [7, 11) is 3.18. The van der Waals surface area contributed by atoms with Crippen molar-refractivity contribution in [2.24, 2.45) is 5.41 Å². The van der Waals surface area contributed by atoms with Crippen LogP contribution >= 0.6 is 23.8 Å². The second-order valence-electron chi connectivity index (χ2n) is 9.69. The summed E-state index contributed by atoms with van der Waals surface area (Å²) in [4.78, 5) is 17.7. The summed E-state index contributed by atoms with van der Waals surface area (Å²) in [6.45, 7) is 3.24. The second-order valence-corrected chi connectivity index (χ2v) is 10.5. The van der Waals surface area contributed by atoms with Gasteiger partial charge in [-0.3, -0.25) is 4.79 Å². The van der Waals surface area contributed by atoms with Crippen LogP contribution in [0.5, 0.6) is 11.5 Å². The molecule has 2 aliphatic rings. The molecule has 5 rings (SSSR count). The van der Waals surface area contributed by atoms with E-state index in [0.717, 1.165) is 62.4 Å². The summed E-state index contributed by atoms with van der Waals surface area (Å²) in [6, 6.07) is 15.3. The SMILES string of the molecule is COc1cc(NC(=S)N2CCC3(CCN(C(=O)c4ccccc4-n4cccc4)CC3)C2)c(OC)cc1Cl. The Labute approximate surface area is 227 Å². The van der Waals surface area contributed by atoms with Gasteiger partial charge in [-0.25, -0.2) is 0 Å². The average Bonchev–Trinajstić information content (AvgIpc) is 3.60. The fourth-order valence-electron chi connectivity index (χ4n) is 5.40. The van der Waals surface area contributed by atoms with Gasteiger partial charge in [-0.05, 0) is 61.2 Å². The van der Waals surface area contributed by atoms with Crippen molar-refractivity contribution in [3.63, 3.8) is 0 Å². The van der Waals surface area contributed by atoms with Crippen LogP contribution in [0.4, 0.5) is 5.69 Å². The monoisotopic (exact) mass is 538 g/mol. The number of nitrogens with zero attached hydrogens (tertiary/aromatic N) is 3. The molecule has 9 heteroatoms. The minimum atomic E-state index is 0.0926. The fourth-order valence-corrected chi connectivity index (χ4v) is 5.89. The van der Waals surface area contributed by atoms with E-state index in [2.05, 4.69) is 10.2 Å². The number of halogens is 1. The molecule has 3 heterocycles. The highest BCUT2D eigenvalue weighted by Gasteiger charge is 2.42. The van der Waals surface area contributed by atoms with Gasteiger partial charge in [0.15, 0.2) is 5.11 Å². The van der Waals surface area contributed by atoms with Gasteiger partial charge in [-0.1, -0.05) is 23.7 Å². The summed E-state index contributed by atoms with van der Waals surface area (Å²) in [6.07, 6.45) is 6.91. The zero-order chi connectivity index (χ0) is 26.0. The number of anilines is 1. The predicted octanol–water partition coefficient (Wildman–Crippen LogP) is 5.47. The summed E-state index contributed by atoms with van der Waals surface area (Å²) < 4.78 is 12.8. The maximum absolute atomic E-state index is 13.5. The third kappa shape index (κ3) is 5.13. The molecule has 1 N–H and O–H groups in total. The van der Waals surface area contributed by atoms with Crippen molar-refractivity contribution in [2.75, 3.05) is 45.7 Å². The number of amides is 1. The molecule has 194 valence electrons. The standard InChI is InChI=1S/C28H31ClN4O3S/c1-35-24-18-22(25(36-2)17-21(24)29)30-27(37)33-16-11-28(19-33)9-14-32(15-10-28)26(34)20-7-3-4-8-23(20)31-12-5-6-13-31/h3-8,12-13,17-18H,9-11,14-16,19H2,1-2H3,(H,30,37). The number of para-hydroxylation sites is 1. The van der Waals surface area contributed by atoms with Crippen LogP contribution in [0.1, 0.15) is 29.6 Å². The van der Waals surface area contributed by atoms with Crippen LogP contribution in [-0.2, 0) is 0 Å². The summed E-state index contributed by atoms with van der Waals surface area (Å²) in [5.74, 6) is 1.25.